The number of benzene rings is 2. The molecule has 0 atom stereocenters. The summed E-state index contributed by atoms with van der Waals surface area (Å²) in [5, 5.41) is 0.774. The van der Waals surface area contributed by atoms with Gasteiger partial charge in [0.25, 0.3) is 0 Å². The SMILES string of the molecule is COc1cc2c(Oc3ccccc3)ncnc2cc1OCCSC. The Morgan fingerprint density at radius 1 is 1.04 bits per heavy atom. The third-order valence-electron chi connectivity index (χ3n) is 3.39. The van der Waals surface area contributed by atoms with Gasteiger partial charge in [0, 0.05) is 11.8 Å². The minimum Gasteiger partial charge on any atom is -0.493 e. The topological polar surface area (TPSA) is 53.5 Å². The Bertz CT molecular complexity index is 812. The van der Waals surface area contributed by atoms with Crippen molar-refractivity contribution in [1.82, 2.24) is 9.97 Å². The van der Waals surface area contributed by atoms with Crippen LogP contribution in [0.2, 0.25) is 0 Å². The fourth-order valence-electron chi connectivity index (χ4n) is 2.23. The van der Waals surface area contributed by atoms with E-state index in [0.29, 0.717) is 24.0 Å². The molecule has 0 radical (unpaired) electrons. The summed E-state index contributed by atoms with van der Waals surface area (Å²) < 4.78 is 17.1. The standard InChI is InChI=1S/C18H18N2O3S/c1-21-16-10-14-15(11-17(16)22-8-9-24-2)19-12-20-18(14)23-13-6-4-3-5-7-13/h3-7,10-12H,8-9H2,1-2H3. The summed E-state index contributed by atoms with van der Waals surface area (Å²) in [6.45, 7) is 0.613. The second-order valence-corrected chi connectivity index (χ2v) is 5.94. The van der Waals surface area contributed by atoms with Crippen molar-refractivity contribution in [3.63, 3.8) is 0 Å². The lowest BCUT2D eigenvalue weighted by Gasteiger charge is -2.13. The number of para-hydroxylation sites is 1. The van der Waals surface area contributed by atoms with Gasteiger partial charge in [-0.15, -0.1) is 0 Å². The van der Waals surface area contributed by atoms with Gasteiger partial charge in [-0.05, 0) is 24.5 Å². The van der Waals surface area contributed by atoms with Crippen molar-refractivity contribution in [3.05, 3.63) is 48.8 Å². The number of aromatic nitrogens is 2. The second kappa shape index (κ2) is 7.88. The lowest BCUT2D eigenvalue weighted by atomic mass is 10.2. The molecule has 0 aliphatic carbocycles. The predicted molar refractivity (Wildman–Crippen MR) is 96.5 cm³/mol. The van der Waals surface area contributed by atoms with Crippen molar-refractivity contribution in [2.24, 2.45) is 0 Å². The van der Waals surface area contributed by atoms with Gasteiger partial charge in [-0.1, -0.05) is 18.2 Å². The second-order valence-electron chi connectivity index (χ2n) is 4.96. The lowest BCUT2D eigenvalue weighted by molar-refractivity contribution is 0.314. The molecular weight excluding hydrogens is 324 g/mol. The summed E-state index contributed by atoms with van der Waals surface area (Å²) in [5.74, 6) is 3.42. The average molecular weight is 342 g/mol. The first kappa shape index (κ1) is 16.4. The van der Waals surface area contributed by atoms with Crippen LogP contribution >= 0.6 is 11.8 Å². The first-order valence-corrected chi connectivity index (χ1v) is 8.88. The van der Waals surface area contributed by atoms with Crippen LogP contribution in [0.1, 0.15) is 0 Å². The highest BCUT2D eigenvalue weighted by atomic mass is 32.2. The van der Waals surface area contributed by atoms with E-state index >= 15 is 0 Å². The maximum absolute atomic E-state index is 5.88. The van der Waals surface area contributed by atoms with Crippen LogP contribution in [0.25, 0.3) is 10.9 Å². The molecule has 0 bridgehead atoms. The molecular formula is C18H18N2O3S. The van der Waals surface area contributed by atoms with E-state index in [-0.39, 0.29) is 0 Å². The van der Waals surface area contributed by atoms with Crippen LogP contribution in [-0.2, 0) is 0 Å². The summed E-state index contributed by atoms with van der Waals surface area (Å²) in [5.41, 5.74) is 0.746. The van der Waals surface area contributed by atoms with Gasteiger partial charge in [-0.3, -0.25) is 0 Å². The van der Waals surface area contributed by atoms with Gasteiger partial charge in [0.2, 0.25) is 5.88 Å². The van der Waals surface area contributed by atoms with Gasteiger partial charge < -0.3 is 14.2 Å². The van der Waals surface area contributed by atoms with E-state index in [0.717, 1.165) is 22.4 Å². The summed E-state index contributed by atoms with van der Waals surface area (Å²) in [6, 6.07) is 13.2. The predicted octanol–water partition coefficient (Wildman–Crippen LogP) is 4.17. The Morgan fingerprint density at radius 2 is 1.88 bits per heavy atom. The molecule has 0 spiro atoms. The molecule has 0 fully saturated rings. The van der Waals surface area contributed by atoms with E-state index < -0.39 is 0 Å². The maximum Gasteiger partial charge on any atom is 0.230 e. The first-order chi connectivity index (χ1) is 11.8. The third-order valence-corrected chi connectivity index (χ3v) is 3.96. The smallest absolute Gasteiger partial charge is 0.230 e. The van der Waals surface area contributed by atoms with Gasteiger partial charge >= 0.3 is 0 Å². The number of thioether (sulfide) groups is 1. The molecule has 0 aliphatic heterocycles. The highest BCUT2D eigenvalue weighted by Crippen LogP contribution is 2.35. The normalized spacial score (nSPS) is 10.6. The van der Waals surface area contributed by atoms with Crippen LogP contribution in [0, 0.1) is 0 Å². The molecule has 1 aromatic heterocycles. The molecule has 3 aromatic rings. The number of methoxy groups -OCH3 is 1. The number of fused-ring (bicyclic) bond motifs is 1. The molecule has 1 heterocycles. The quantitative estimate of drug-likeness (QED) is 0.601. The zero-order chi connectivity index (χ0) is 16.8. The summed E-state index contributed by atoms with van der Waals surface area (Å²) >= 11 is 1.73. The van der Waals surface area contributed by atoms with Gasteiger partial charge in [0.15, 0.2) is 11.5 Å². The van der Waals surface area contributed by atoms with E-state index in [9.17, 15) is 0 Å². The van der Waals surface area contributed by atoms with Gasteiger partial charge in [0.1, 0.15) is 12.1 Å². The molecule has 124 valence electrons. The fraction of sp³-hybridized carbons (Fsp3) is 0.222. The molecule has 2 aromatic carbocycles. The monoisotopic (exact) mass is 342 g/mol. The Balaban J connectivity index is 1.97. The van der Waals surface area contributed by atoms with Crippen LogP contribution in [0.5, 0.6) is 23.1 Å². The summed E-state index contributed by atoms with van der Waals surface area (Å²) in [7, 11) is 1.62. The zero-order valence-corrected chi connectivity index (χ0v) is 14.4. The van der Waals surface area contributed by atoms with E-state index in [1.54, 1.807) is 18.9 Å². The Hall–Kier alpha value is -2.47. The largest absolute Gasteiger partial charge is 0.493 e. The fourth-order valence-corrected chi connectivity index (χ4v) is 2.48. The average Bonchev–Trinajstić information content (AvgIpc) is 2.62. The maximum atomic E-state index is 5.88. The minimum atomic E-state index is 0.486. The van der Waals surface area contributed by atoms with E-state index in [2.05, 4.69) is 9.97 Å². The van der Waals surface area contributed by atoms with Crippen LogP contribution in [0.15, 0.2) is 48.8 Å². The highest BCUT2D eigenvalue weighted by molar-refractivity contribution is 7.98. The number of hydrogen-bond acceptors (Lipinski definition) is 6. The molecule has 0 saturated heterocycles. The van der Waals surface area contributed by atoms with E-state index in [1.807, 2.05) is 48.7 Å². The molecule has 0 aliphatic rings. The van der Waals surface area contributed by atoms with Crippen molar-refractivity contribution in [2.45, 2.75) is 0 Å². The van der Waals surface area contributed by atoms with Crippen molar-refractivity contribution < 1.29 is 14.2 Å². The van der Waals surface area contributed by atoms with E-state index in [4.69, 9.17) is 14.2 Å². The highest BCUT2D eigenvalue weighted by Gasteiger charge is 2.13. The van der Waals surface area contributed by atoms with E-state index in [1.165, 1.54) is 6.33 Å². The van der Waals surface area contributed by atoms with Gasteiger partial charge in [-0.2, -0.15) is 11.8 Å². The number of ether oxygens (including phenoxy) is 3. The molecule has 5 nitrogen and oxygen atoms in total. The van der Waals surface area contributed by atoms with Crippen molar-refractivity contribution in [3.8, 4) is 23.1 Å². The Labute approximate surface area is 145 Å². The van der Waals surface area contributed by atoms with Crippen LogP contribution < -0.4 is 14.2 Å². The summed E-state index contributed by atoms with van der Waals surface area (Å²) in [6.07, 6.45) is 3.53. The number of hydrogen-bond donors (Lipinski definition) is 0. The molecule has 0 N–H and O–H groups in total. The van der Waals surface area contributed by atoms with Crippen LogP contribution in [0.4, 0.5) is 0 Å². The zero-order valence-electron chi connectivity index (χ0n) is 13.6. The molecule has 24 heavy (non-hydrogen) atoms. The molecule has 0 amide bonds. The lowest BCUT2D eigenvalue weighted by Crippen LogP contribution is -2.02. The van der Waals surface area contributed by atoms with Gasteiger partial charge in [-0.25, -0.2) is 9.97 Å². The number of rotatable bonds is 7. The summed E-state index contributed by atoms with van der Waals surface area (Å²) in [4.78, 5) is 8.57. The molecule has 0 unspecified atom stereocenters. The molecule has 6 heteroatoms. The van der Waals surface area contributed by atoms with Gasteiger partial charge in [0.05, 0.1) is 24.6 Å². The Morgan fingerprint density at radius 3 is 2.62 bits per heavy atom. The molecule has 3 rings (SSSR count). The van der Waals surface area contributed by atoms with Crippen molar-refractivity contribution >= 4 is 22.7 Å². The van der Waals surface area contributed by atoms with Crippen LogP contribution in [-0.4, -0.2) is 35.7 Å². The third kappa shape index (κ3) is 3.71. The number of nitrogens with zero attached hydrogens (tertiary/aromatic N) is 2. The minimum absolute atomic E-state index is 0.486. The van der Waals surface area contributed by atoms with Crippen molar-refractivity contribution in [1.29, 1.82) is 0 Å². The van der Waals surface area contributed by atoms with Crippen LogP contribution in [0.3, 0.4) is 0 Å². The first-order valence-electron chi connectivity index (χ1n) is 7.49. The van der Waals surface area contributed by atoms with Crippen molar-refractivity contribution in [2.75, 3.05) is 25.7 Å². The Kier molecular flexibility index (Phi) is 5.38. The molecule has 0 saturated carbocycles.